The number of ketones is 1. The summed E-state index contributed by atoms with van der Waals surface area (Å²) < 4.78 is 0.852. The van der Waals surface area contributed by atoms with Gasteiger partial charge in [-0.3, -0.25) is 9.78 Å². The molecule has 1 rings (SSSR count). The highest BCUT2D eigenvalue weighted by atomic mass is 127. The number of halogens is 1. The number of rotatable bonds is 1. The molecule has 52 valence electrons. The molecule has 3 heteroatoms. The number of hydrogen-bond donors (Lipinski definition) is 0. The minimum absolute atomic E-state index is 0.0836. The molecule has 0 aliphatic rings. The van der Waals surface area contributed by atoms with Gasteiger partial charge in [0.25, 0.3) is 0 Å². The Morgan fingerprint density at radius 2 is 2.40 bits per heavy atom. The van der Waals surface area contributed by atoms with Crippen molar-refractivity contribution in [3.8, 4) is 0 Å². The third-order valence-corrected chi connectivity index (χ3v) is 1.72. The van der Waals surface area contributed by atoms with E-state index in [1.165, 1.54) is 0 Å². The standard InChI is InChI=1S/C7H6INO/c1-5(10)6-2-3-9-7(8)4-6/h2-4H,1H3. The maximum absolute atomic E-state index is 10.8. The molecule has 0 saturated carbocycles. The van der Waals surface area contributed by atoms with Crippen LogP contribution in [0, 0.1) is 3.70 Å². The Labute approximate surface area is 72.8 Å². The smallest absolute Gasteiger partial charge is 0.159 e. The molecular weight excluding hydrogens is 241 g/mol. The molecule has 0 unspecified atom stereocenters. The summed E-state index contributed by atoms with van der Waals surface area (Å²) in [6.07, 6.45) is 1.64. The highest BCUT2D eigenvalue weighted by molar-refractivity contribution is 14.1. The zero-order chi connectivity index (χ0) is 7.56. The van der Waals surface area contributed by atoms with Gasteiger partial charge in [-0.1, -0.05) is 0 Å². The van der Waals surface area contributed by atoms with E-state index < -0.39 is 0 Å². The molecule has 0 aliphatic heterocycles. The SMILES string of the molecule is CC(=O)c1ccnc(I)c1. The van der Waals surface area contributed by atoms with E-state index in [0.29, 0.717) is 0 Å². The first-order valence-corrected chi connectivity index (χ1v) is 3.90. The quantitative estimate of drug-likeness (QED) is 0.431. The van der Waals surface area contributed by atoms with Gasteiger partial charge in [0, 0.05) is 11.8 Å². The largest absolute Gasteiger partial charge is 0.295 e. The first-order valence-electron chi connectivity index (χ1n) is 2.82. The van der Waals surface area contributed by atoms with Gasteiger partial charge in [0.05, 0.1) is 0 Å². The molecule has 0 saturated heterocycles. The topological polar surface area (TPSA) is 30.0 Å². The second-order valence-electron chi connectivity index (χ2n) is 1.92. The molecule has 0 amide bonds. The van der Waals surface area contributed by atoms with Crippen LogP contribution >= 0.6 is 22.6 Å². The van der Waals surface area contributed by atoms with Gasteiger partial charge in [-0.05, 0) is 41.6 Å². The van der Waals surface area contributed by atoms with Crippen molar-refractivity contribution in [1.29, 1.82) is 0 Å². The summed E-state index contributed by atoms with van der Waals surface area (Å²) in [5.41, 5.74) is 0.722. The van der Waals surface area contributed by atoms with E-state index in [1.54, 1.807) is 25.3 Å². The normalized spacial score (nSPS) is 9.40. The van der Waals surface area contributed by atoms with E-state index in [2.05, 4.69) is 27.6 Å². The van der Waals surface area contributed by atoms with E-state index in [0.717, 1.165) is 9.26 Å². The van der Waals surface area contributed by atoms with Gasteiger partial charge in [0.1, 0.15) is 3.70 Å². The lowest BCUT2D eigenvalue weighted by atomic mass is 10.2. The highest BCUT2D eigenvalue weighted by Gasteiger charge is 1.97. The number of carbonyl (C=O) groups excluding carboxylic acids is 1. The summed E-state index contributed by atoms with van der Waals surface area (Å²) in [6.45, 7) is 1.55. The molecular formula is C7H6INO. The molecule has 0 radical (unpaired) electrons. The van der Waals surface area contributed by atoms with Crippen molar-refractivity contribution in [2.24, 2.45) is 0 Å². The first-order chi connectivity index (χ1) is 4.70. The summed E-state index contributed by atoms with van der Waals surface area (Å²) >= 11 is 2.08. The van der Waals surface area contributed by atoms with Crippen LogP contribution in [0.25, 0.3) is 0 Å². The van der Waals surface area contributed by atoms with Gasteiger partial charge in [-0.2, -0.15) is 0 Å². The van der Waals surface area contributed by atoms with Crippen molar-refractivity contribution in [1.82, 2.24) is 4.98 Å². The molecule has 0 spiro atoms. The van der Waals surface area contributed by atoms with Crippen LogP contribution in [0.5, 0.6) is 0 Å². The van der Waals surface area contributed by atoms with Crippen LogP contribution in [0.2, 0.25) is 0 Å². The van der Waals surface area contributed by atoms with Crippen LogP contribution in [-0.2, 0) is 0 Å². The Morgan fingerprint density at radius 1 is 1.70 bits per heavy atom. The molecule has 0 fully saturated rings. The first kappa shape index (κ1) is 7.65. The Hall–Kier alpha value is -0.450. The molecule has 10 heavy (non-hydrogen) atoms. The van der Waals surface area contributed by atoms with Crippen molar-refractivity contribution in [3.63, 3.8) is 0 Å². The summed E-state index contributed by atoms with van der Waals surface area (Å²) in [4.78, 5) is 14.7. The lowest BCUT2D eigenvalue weighted by Crippen LogP contribution is -1.92. The van der Waals surface area contributed by atoms with E-state index in [1.807, 2.05) is 0 Å². The Kier molecular flexibility index (Phi) is 2.37. The molecule has 0 aromatic carbocycles. The minimum atomic E-state index is 0.0836. The van der Waals surface area contributed by atoms with Crippen LogP contribution < -0.4 is 0 Å². The van der Waals surface area contributed by atoms with Crippen molar-refractivity contribution >= 4 is 28.4 Å². The summed E-state index contributed by atoms with van der Waals surface area (Å²) in [6, 6.07) is 3.48. The van der Waals surface area contributed by atoms with Gasteiger partial charge in [-0.15, -0.1) is 0 Å². The second-order valence-corrected chi connectivity index (χ2v) is 3.03. The van der Waals surface area contributed by atoms with E-state index in [9.17, 15) is 4.79 Å². The second kappa shape index (κ2) is 3.09. The molecule has 1 aromatic heterocycles. The Bertz CT molecular complexity index is 260. The van der Waals surface area contributed by atoms with Gasteiger partial charge >= 0.3 is 0 Å². The van der Waals surface area contributed by atoms with Crippen LogP contribution in [0.15, 0.2) is 18.3 Å². The van der Waals surface area contributed by atoms with Gasteiger partial charge < -0.3 is 0 Å². The Balaban J connectivity index is 3.07. The number of aromatic nitrogens is 1. The summed E-state index contributed by atoms with van der Waals surface area (Å²) in [7, 11) is 0. The van der Waals surface area contributed by atoms with Crippen LogP contribution in [0.3, 0.4) is 0 Å². The number of Topliss-reactive ketones (excluding diaryl/α,β-unsaturated/α-hetero) is 1. The fourth-order valence-corrected chi connectivity index (χ4v) is 1.12. The van der Waals surface area contributed by atoms with Crippen LogP contribution in [0.1, 0.15) is 17.3 Å². The number of carbonyl (C=O) groups is 1. The van der Waals surface area contributed by atoms with Gasteiger partial charge in [0.2, 0.25) is 0 Å². The lowest BCUT2D eigenvalue weighted by molar-refractivity contribution is 0.101. The fourth-order valence-electron chi connectivity index (χ4n) is 0.621. The monoisotopic (exact) mass is 247 g/mol. The molecule has 0 N–H and O–H groups in total. The Morgan fingerprint density at radius 3 is 2.80 bits per heavy atom. The molecule has 0 aliphatic carbocycles. The molecule has 0 atom stereocenters. The fraction of sp³-hybridized carbons (Fsp3) is 0.143. The third kappa shape index (κ3) is 1.76. The zero-order valence-corrected chi connectivity index (χ0v) is 7.62. The number of hydrogen-bond acceptors (Lipinski definition) is 2. The lowest BCUT2D eigenvalue weighted by Gasteiger charge is -1.92. The zero-order valence-electron chi connectivity index (χ0n) is 5.47. The maximum Gasteiger partial charge on any atom is 0.159 e. The number of nitrogens with zero attached hydrogens (tertiary/aromatic N) is 1. The maximum atomic E-state index is 10.8. The van der Waals surface area contributed by atoms with E-state index in [4.69, 9.17) is 0 Å². The van der Waals surface area contributed by atoms with Crippen molar-refractivity contribution in [2.45, 2.75) is 6.92 Å². The highest BCUT2D eigenvalue weighted by Crippen LogP contribution is 2.04. The van der Waals surface area contributed by atoms with Crippen LogP contribution in [0.4, 0.5) is 0 Å². The average Bonchev–Trinajstić information content (AvgIpc) is 1.88. The van der Waals surface area contributed by atoms with Crippen molar-refractivity contribution < 1.29 is 4.79 Å². The van der Waals surface area contributed by atoms with Crippen LogP contribution in [-0.4, -0.2) is 10.8 Å². The number of pyridine rings is 1. The summed E-state index contributed by atoms with van der Waals surface area (Å²) in [5, 5.41) is 0. The minimum Gasteiger partial charge on any atom is -0.295 e. The molecule has 1 heterocycles. The van der Waals surface area contributed by atoms with Gasteiger partial charge in [0.15, 0.2) is 5.78 Å². The molecule has 1 aromatic rings. The van der Waals surface area contributed by atoms with Crippen molar-refractivity contribution in [3.05, 3.63) is 27.6 Å². The predicted octanol–water partition coefficient (Wildman–Crippen LogP) is 1.89. The van der Waals surface area contributed by atoms with Gasteiger partial charge in [-0.25, -0.2) is 0 Å². The third-order valence-electron chi connectivity index (χ3n) is 1.13. The molecule has 2 nitrogen and oxygen atoms in total. The van der Waals surface area contributed by atoms with Crippen molar-refractivity contribution in [2.75, 3.05) is 0 Å². The van der Waals surface area contributed by atoms with E-state index >= 15 is 0 Å². The van der Waals surface area contributed by atoms with E-state index in [-0.39, 0.29) is 5.78 Å². The predicted molar refractivity (Wildman–Crippen MR) is 47.0 cm³/mol. The summed E-state index contributed by atoms with van der Waals surface area (Å²) in [5.74, 6) is 0.0836. The molecule has 0 bridgehead atoms. The average molecular weight is 247 g/mol.